The predicted octanol–water partition coefficient (Wildman–Crippen LogP) is 0.449. The Morgan fingerprint density at radius 3 is 2.14 bits per heavy atom. The van der Waals surface area contributed by atoms with Gasteiger partial charge in [0.15, 0.2) is 0 Å². The molecule has 8 nitrogen and oxygen atoms in total. The number of amides is 1. The number of carbonyl (C=O) groups excluding carboxylic acids is 1. The molecule has 0 saturated carbocycles. The van der Waals surface area contributed by atoms with Gasteiger partial charge < -0.3 is 25.4 Å². The van der Waals surface area contributed by atoms with Crippen LogP contribution < -0.4 is 5.32 Å². The first-order chi connectivity index (χ1) is 9.86. The lowest BCUT2D eigenvalue weighted by Gasteiger charge is -2.09. The quantitative estimate of drug-likeness (QED) is 0.620. The monoisotopic (exact) mass is 299 g/mol. The molecule has 116 valence electrons. The van der Waals surface area contributed by atoms with E-state index in [0.717, 1.165) is 5.56 Å². The molecule has 0 spiro atoms. The van der Waals surface area contributed by atoms with Crippen LogP contribution in [0.1, 0.15) is 12.5 Å². The number of rotatable bonds is 5. The molecule has 0 aromatic heterocycles. The van der Waals surface area contributed by atoms with Crippen LogP contribution in [0.3, 0.4) is 0 Å². The molecule has 8 heteroatoms. The van der Waals surface area contributed by atoms with E-state index in [2.05, 4.69) is 5.32 Å². The van der Waals surface area contributed by atoms with Crippen molar-refractivity contribution < 1.29 is 34.4 Å². The highest BCUT2D eigenvalue weighted by atomic mass is 16.5. The summed E-state index contributed by atoms with van der Waals surface area (Å²) in [4.78, 5) is 30.7. The molecule has 0 aliphatic heterocycles. The summed E-state index contributed by atoms with van der Waals surface area (Å²) in [5, 5.41) is 25.8. The van der Waals surface area contributed by atoms with Crippen molar-refractivity contribution >= 4 is 18.0 Å². The van der Waals surface area contributed by atoms with E-state index < -0.39 is 30.7 Å². The molecular formula is C13H17NO7. The molecule has 1 aromatic rings. The van der Waals surface area contributed by atoms with Gasteiger partial charge in [-0.2, -0.15) is 0 Å². The number of aliphatic carboxylic acids is 2. The minimum Gasteiger partial charge on any atom is -0.480 e. The Morgan fingerprint density at radius 2 is 1.71 bits per heavy atom. The van der Waals surface area contributed by atoms with E-state index in [-0.39, 0.29) is 6.61 Å². The molecule has 0 aliphatic carbocycles. The molecule has 0 heterocycles. The van der Waals surface area contributed by atoms with Gasteiger partial charge in [0.25, 0.3) is 0 Å². The number of benzene rings is 1. The summed E-state index contributed by atoms with van der Waals surface area (Å²) in [6.07, 6.45) is -0.737. The van der Waals surface area contributed by atoms with Crippen LogP contribution in [0.25, 0.3) is 0 Å². The molecule has 4 N–H and O–H groups in total. The average molecular weight is 299 g/mol. The van der Waals surface area contributed by atoms with Crippen molar-refractivity contribution in [1.82, 2.24) is 5.32 Å². The lowest BCUT2D eigenvalue weighted by atomic mass is 10.2. The summed E-state index contributed by atoms with van der Waals surface area (Å²) in [6, 6.07) is 8.19. The van der Waals surface area contributed by atoms with E-state index in [9.17, 15) is 9.59 Å². The van der Waals surface area contributed by atoms with Gasteiger partial charge in [-0.15, -0.1) is 0 Å². The first kappa shape index (κ1) is 18.4. The molecule has 1 amide bonds. The van der Waals surface area contributed by atoms with Crippen LogP contribution in [0.15, 0.2) is 30.3 Å². The van der Waals surface area contributed by atoms with Crippen molar-refractivity contribution in [2.24, 2.45) is 0 Å². The number of aliphatic hydroxyl groups excluding tert-OH is 1. The van der Waals surface area contributed by atoms with Gasteiger partial charge in [0.1, 0.15) is 19.3 Å². The van der Waals surface area contributed by atoms with Crippen molar-refractivity contribution in [1.29, 1.82) is 0 Å². The third kappa shape index (κ3) is 9.91. The maximum atomic E-state index is 11.1. The Kier molecular flexibility index (Phi) is 8.94. The standard InChI is InChI=1S/C11H13NO4.C2H4O3/c1-8(10(13)14)12-11(15)16-7-9-5-3-2-4-6-9;3-1-2(4)5/h2-6,8H,7H2,1H3,(H,12,15)(H,13,14);3H,1H2,(H,4,5)/t8-;/m0./s1. The smallest absolute Gasteiger partial charge is 0.408 e. The Labute approximate surface area is 121 Å². The number of carboxylic acids is 2. The number of alkyl carbamates (subject to hydrolysis) is 1. The molecule has 21 heavy (non-hydrogen) atoms. The van der Waals surface area contributed by atoms with Gasteiger partial charge in [0, 0.05) is 0 Å². The van der Waals surface area contributed by atoms with Gasteiger partial charge in [-0.25, -0.2) is 9.59 Å². The van der Waals surface area contributed by atoms with E-state index in [4.69, 9.17) is 24.9 Å². The zero-order chi connectivity index (χ0) is 16.3. The molecule has 0 saturated heterocycles. The first-order valence-corrected chi connectivity index (χ1v) is 5.89. The zero-order valence-electron chi connectivity index (χ0n) is 11.4. The summed E-state index contributed by atoms with van der Waals surface area (Å²) in [5.74, 6) is -2.29. The molecule has 1 atom stereocenters. The van der Waals surface area contributed by atoms with Gasteiger partial charge >= 0.3 is 18.0 Å². The highest BCUT2D eigenvalue weighted by Gasteiger charge is 2.14. The second kappa shape index (κ2) is 10.2. The van der Waals surface area contributed by atoms with Crippen molar-refractivity contribution in [3.63, 3.8) is 0 Å². The first-order valence-electron chi connectivity index (χ1n) is 5.89. The maximum absolute atomic E-state index is 11.1. The fourth-order valence-electron chi connectivity index (χ4n) is 1.00. The molecule has 0 bridgehead atoms. The minimum atomic E-state index is -1.19. The molecule has 1 rings (SSSR count). The number of aliphatic hydroxyl groups is 1. The second-order valence-electron chi connectivity index (χ2n) is 3.82. The van der Waals surface area contributed by atoms with Crippen LogP contribution in [0.4, 0.5) is 4.79 Å². The minimum absolute atomic E-state index is 0.124. The predicted molar refractivity (Wildman–Crippen MR) is 71.6 cm³/mol. The normalized spacial score (nSPS) is 10.6. The van der Waals surface area contributed by atoms with Crippen molar-refractivity contribution in [3.05, 3.63) is 35.9 Å². The van der Waals surface area contributed by atoms with E-state index in [1.807, 2.05) is 30.3 Å². The van der Waals surface area contributed by atoms with E-state index in [1.54, 1.807) is 0 Å². The van der Waals surface area contributed by atoms with Crippen molar-refractivity contribution in [2.75, 3.05) is 6.61 Å². The number of nitrogens with one attached hydrogen (secondary N) is 1. The second-order valence-corrected chi connectivity index (χ2v) is 3.82. The lowest BCUT2D eigenvalue weighted by molar-refractivity contribution is -0.140. The van der Waals surface area contributed by atoms with Gasteiger partial charge in [0.05, 0.1) is 0 Å². The van der Waals surface area contributed by atoms with Gasteiger partial charge in [0.2, 0.25) is 0 Å². The van der Waals surface area contributed by atoms with Crippen LogP contribution >= 0.6 is 0 Å². The Bertz CT molecular complexity index is 461. The van der Waals surface area contributed by atoms with Crippen molar-refractivity contribution in [2.45, 2.75) is 19.6 Å². The number of carbonyl (C=O) groups is 3. The highest BCUT2D eigenvalue weighted by molar-refractivity contribution is 5.79. The fraction of sp³-hybridized carbons (Fsp3) is 0.308. The number of hydrogen-bond donors (Lipinski definition) is 4. The molecule has 0 aliphatic rings. The van der Waals surface area contributed by atoms with Gasteiger partial charge in [-0.05, 0) is 12.5 Å². The van der Waals surface area contributed by atoms with E-state index in [1.165, 1.54) is 6.92 Å². The highest BCUT2D eigenvalue weighted by Crippen LogP contribution is 2.00. The third-order valence-electron chi connectivity index (χ3n) is 2.05. The summed E-state index contributed by atoms with van der Waals surface area (Å²) >= 11 is 0. The molecule has 0 fully saturated rings. The maximum Gasteiger partial charge on any atom is 0.408 e. The van der Waals surface area contributed by atoms with E-state index >= 15 is 0 Å². The largest absolute Gasteiger partial charge is 0.480 e. The number of carboxylic acid groups (broad SMARTS) is 2. The summed E-state index contributed by atoms with van der Waals surface area (Å²) in [5.41, 5.74) is 0.848. The lowest BCUT2D eigenvalue weighted by Crippen LogP contribution is -2.38. The SMILES string of the molecule is C[C@H](NC(=O)OCc1ccccc1)C(=O)O.O=C(O)CO. The van der Waals surface area contributed by atoms with Crippen LogP contribution in [0.5, 0.6) is 0 Å². The average Bonchev–Trinajstić information content (AvgIpc) is 2.46. The summed E-state index contributed by atoms with van der Waals surface area (Å²) in [6.45, 7) is 0.713. The summed E-state index contributed by atoms with van der Waals surface area (Å²) in [7, 11) is 0. The van der Waals surface area contributed by atoms with Gasteiger partial charge in [-0.1, -0.05) is 30.3 Å². The number of hydrogen-bond acceptors (Lipinski definition) is 5. The topological polar surface area (TPSA) is 133 Å². The zero-order valence-corrected chi connectivity index (χ0v) is 11.4. The Morgan fingerprint density at radius 1 is 1.19 bits per heavy atom. The Balaban J connectivity index is 0.000000690. The molecule has 1 aromatic carbocycles. The van der Waals surface area contributed by atoms with Crippen molar-refractivity contribution in [3.8, 4) is 0 Å². The number of ether oxygens (including phenoxy) is 1. The third-order valence-corrected chi connectivity index (χ3v) is 2.05. The molecule has 0 unspecified atom stereocenters. The fourth-order valence-corrected chi connectivity index (χ4v) is 1.00. The Hall–Kier alpha value is -2.61. The molecular weight excluding hydrogens is 282 g/mol. The molecule has 0 radical (unpaired) electrons. The van der Waals surface area contributed by atoms with Crippen LogP contribution in [-0.4, -0.2) is 46.0 Å². The van der Waals surface area contributed by atoms with Crippen LogP contribution in [-0.2, 0) is 20.9 Å². The van der Waals surface area contributed by atoms with Crippen LogP contribution in [0, 0.1) is 0 Å². The van der Waals surface area contributed by atoms with Gasteiger partial charge in [-0.3, -0.25) is 4.79 Å². The van der Waals surface area contributed by atoms with E-state index in [0.29, 0.717) is 0 Å². The van der Waals surface area contributed by atoms with Crippen LogP contribution in [0.2, 0.25) is 0 Å². The summed E-state index contributed by atoms with van der Waals surface area (Å²) < 4.78 is 4.84.